The van der Waals surface area contributed by atoms with Crippen LogP contribution in [0.2, 0.25) is 0 Å². The van der Waals surface area contributed by atoms with E-state index in [1.165, 1.54) is 12.1 Å². The van der Waals surface area contributed by atoms with Gasteiger partial charge in [-0.3, -0.25) is 19.2 Å². The molecule has 0 unspecified atom stereocenters. The van der Waals surface area contributed by atoms with Crippen molar-refractivity contribution in [3.63, 3.8) is 0 Å². The molecule has 29 heavy (non-hydrogen) atoms. The highest BCUT2D eigenvalue weighted by Gasteiger charge is 2.43. The van der Waals surface area contributed by atoms with Gasteiger partial charge in [-0.05, 0) is 29.5 Å². The van der Waals surface area contributed by atoms with Gasteiger partial charge in [0.15, 0.2) is 0 Å². The van der Waals surface area contributed by atoms with Crippen molar-refractivity contribution in [2.75, 3.05) is 13.7 Å². The van der Waals surface area contributed by atoms with Crippen molar-refractivity contribution >= 4 is 34.9 Å². The molecular formula is C18H13N5O6. The van der Waals surface area contributed by atoms with Gasteiger partial charge in [-0.15, -0.1) is 5.10 Å². The van der Waals surface area contributed by atoms with Crippen LogP contribution >= 0.6 is 0 Å². The third kappa shape index (κ3) is 3.04. The van der Waals surface area contributed by atoms with E-state index < -0.39 is 30.4 Å². The molecule has 4 rings (SSSR count). The maximum atomic E-state index is 12.8. The zero-order chi connectivity index (χ0) is 20.5. The van der Waals surface area contributed by atoms with Crippen LogP contribution < -0.4 is 4.84 Å². The summed E-state index contributed by atoms with van der Waals surface area (Å²) >= 11 is 0. The lowest BCUT2D eigenvalue weighted by Gasteiger charge is -2.27. The number of aromatic nitrogens is 3. The number of carbonyl (C=O) groups is 4. The van der Waals surface area contributed by atoms with Crippen LogP contribution in [0, 0.1) is 0 Å². The number of amides is 3. The van der Waals surface area contributed by atoms with Crippen LogP contribution in [0.3, 0.4) is 0 Å². The molecule has 1 aliphatic rings. The highest BCUT2D eigenvalue weighted by Crippen LogP contribution is 2.24. The molecule has 1 aromatic heterocycles. The SMILES string of the molecule is COC(=O)CN(C(=O)On1nnc2ccccc21)N1C(=O)c2ccccc2C1=O. The summed E-state index contributed by atoms with van der Waals surface area (Å²) in [6, 6.07) is 12.7. The number of methoxy groups -OCH3 is 1. The molecule has 2 aromatic carbocycles. The predicted molar refractivity (Wildman–Crippen MR) is 95.2 cm³/mol. The Morgan fingerprint density at radius 3 is 2.28 bits per heavy atom. The second-order valence-electron chi connectivity index (χ2n) is 5.91. The van der Waals surface area contributed by atoms with Crippen LogP contribution in [-0.4, -0.2) is 62.7 Å². The molecule has 0 saturated carbocycles. The summed E-state index contributed by atoms with van der Waals surface area (Å²) in [5, 5.41) is 8.67. The Morgan fingerprint density at radius 2 is 1.62 bits per heavy atom. The average molecular weight is 395 g/mol. The fourth-order valence-corrected chi connectivity index (χ4v) is 2.84. The number of imide groups is 1. The molecule has 11 nitrogen and oxygen atoms in total. The van der Waals surface area contributed by atoms with E-state index in [0.29, 0.717) is 21.1 Å². The molecule has 0 atom stereocenters. The number of para-hydroxylation sites is 1. The third-order valence-corrected chi connectivity index (χ3v) is 4.22. The van der Waals surface area contributed by atoms with Gasteiger partial charge in [0, 0.05) is 0 Å². The first-order chi connectivity index (χ1) is 14.0. The van der Waals surface area contributed by atoms with E-state index in [4.69, 9.17) is 4.84 Å². The second kappa shape index (κ2) is 7.03. The lowest BCUT2D eigenvalue weighted by atomic mass is 10.1. The minimum atomic E-state index is -1.19. The molecule has 3 aromatic rings. The molecule has 146 valence electrons. The van der Waals surface area contributed by atoms with Crippen molar-refractivity contribution < 1.29 is 28.8 Å². The Morgan fingerprint density at radius 1 is 1.00 bits per heavy atom. The molecule has 0 fully saturated rings. The van der Waals surface area contributed by atoms with Gasteiger partial charge in [0.1, 0.15) is 17.6 Å². The lowest BCUT2D eigenvalue weighted by molar-refractivity contribution is -0.143. The number of esters is 1. The molecule has 1 aliphatic heterocycles. The molecule has 11 heteroatoms. The summed E-state index contributed by atoms with van der Waals surface area (Å²) in [5.41, 5.74) is 1.04. The molecule has 0 N–H and O–H groups in total. The van der Waals surface area contributed by atoms with E-state index >= 15 is 0 Å². The first kappa shape index (κ1) is 18.1. The minimum absolute atomic E-state index is 0.103. The highest BCUT2D eigenvalue weighted by atomic mass is 16.7. The van der Waals surface area contributed by atoms with E-state index in [-0.39, 0.29) is 11.1 Å². The Kier molecular flexibility index (Phi) is 4.39. The van der Waals surface area contributed by atoms with Crippen LogP contribution in [0.25, 0.3) is 11.0 Å². The molecule has 2 heterocycles. The first-order valence-electron chi connectivity index (χ1n) is 8.36. The summed E-state index contributed by atoms with van der Waals surface area (Å²) in [7, 11) is 1.11. The molecule has 0 radical (unpaired) electrons. The number of hydrazine groups is 1. The fourth-order valence-electron chi connectivity index (χ4n) is 2.84. The monoisotopic (exact) mass is 395 g/mol. The van der Waals surface area contributed by atoms with Crippen LogP contribution in [-0.2, 0) is 9.53 Å². The van der Waals surface area contributed by atoms with Gasteiger partial charge in [0.25, 0.3) is 11.8 Å². The van der Waals surface area contributed by atoms with Crippen molar-refractivity contribution in [1.82, 2.24) is 25.2 Å². The Labute approximate surface area is 162 Å². The van der Waals surface area contributed by atoms with Crippen LogP contribution in [0.5, 0.6) is 0 Å². The topological polar surface area (TPSA) is 124 Å². The summed E-state index contributed by atoms with van der Waals surface area (Å²) in [6.07, 6.45) is -1.19. The average Bonchev–Trinajstić information content (AvgIpc) is 3.25. The molecule has 0 spiro atoms. The second-order valence-corrected chi connectivity index (χ2v) is 5.91. The van der Waals surface area contributed by atoms with E-state index in [2.05, 4.69) is 15.0 Å². The van der Waals surface area contributed by atoms with Crippen LogP contribution in [0.4, 0.5) is 4.79 Å². The van der Waals surface area contributed by atoms with E-state index in [0.717, 1.165) is 12.0 Å². The third-order valence-electron chi connectivity index (χ3n) is 4.22. The normalized spacial score (nSPS) is 12.8. The number of nitrogens with zero attached hydrogens (tertiary/aromatic N) is 5. The van der Waals surface area contributed by atoms with Crippen molar-refractivity contribution in [3.05, 3.63) is 59.7 Å². The van der Waals surface area contributed by atoms with Gasteiger partial charge in [0.2, 0.25) is 0 Å². The zero-order valence-electron chi connectivity index (χ0n) is 15.0. The maximum absolute atomic E-state index is 12.8. The predicted octanol–water partition coefficient (Wildman–Crippen LogP) is 0.666. The van der Waals surface area contributed by atoms with E-state index in [1.54, 1.807) is 36.4 Å². The number of hydrogen-bond donors (Lipinski definition) is 0. The molecule has 0 saturated heterocycles. The highest BCUT2D eigenvalue weighted by molar-refractivity contribution is 6.21. The number of benzene rings is 2. The molecule has 0 aliphatic carbocycles. The molecular weight excluding hydrogens is 382 g/mol. The number of fused-ring (bicyclic) bond motifs is 2. The van der Waals surface area contributed by atoms with Crippen molar-refractivity contribution in [1.29, 1.82) is 0 Å². The summed E-state index contributed by atoms with van der Waals surface area (Å²) < 4.78 is 4.57. The standard InChI is InChI=1S/C18H13N5O6/c1-28-15(24)10-21(22-16(25)11-6-2-3-7-12(11)17(22)26)18(27)29-23-14-9-5-4-8-13(14)19-20-23/h2-9H,10H2,1H3. The van der Waals surface area contributed by atoms with Crippen LogP contribution in [0.1, 0.15) is 20.7 Å². The van der Waals surface area contributed by atoms with Gasteiger partial charge >= 0.3 is 12.1 Å². The van der Waals surface area contributed by atoms with E-state index in [1.807, 2.05) is 0 Å². The van der Waals surface area contributed by atoms with Gasteiger partial charge in [0.05, 0.1) is 18.2 Å². The number of ether oxygens (including phenoxy) is 1. The largest absolute Gasteiger partial charge is 0.468 e. The summed E-state index contributed by atoms with van der Waals surface area (Å²) in [4.78, 5) is 56.0. The van der Waals surface area contributed by atoms with Crippen molar-refractivity contribution in [2.24, 2.45) is 0 Å². The van der Waals surface area contributed by atoms with Gasteiger partial charge in [-0.1, -0.05) is 29.1 Å². The first-order valence-corrected chi connectivity index (χ1v) is 8.36. The smallest absolute Gasteiger partial charge is 0.456 e. The van der Waals surface area contributed by atoms with Crippen molar-refractivity contribution in [3.8, 4) is 0 Å². The quantitative estimate of drug-likeness (QED) is 0.359. The van der Waals surface area contributed by atoms with E-state index in [9.17, 15) is 19.2 Å². The summed E-state index contributed by atoms with van der Waals surface area (Å²) in [6.45, 7) is -0.729. The number of carbonyl (C=O) groups excluding carboxylic acids is 4. The van der Waals surface area contributed by atoms with Crippen LogP contribution in [0.15, 0.2) is 48.5 Å². The van der Waals surface area contributed by atoms with Gasteiger partial charge in [-0.2, -0.15) is 10.0 Å². The number of hydrogen-bond acceptors (Lipinski definition) is 8. The zero-order valence-corrected chi connectivity index (χ0v) is 15.0. The Bertz CT molecular complexity index is 1120. The number of rotatable bonds is 4. The van der Waals surface area contributed by atoms with Gasteiger partial charge in [-0.25, -0.2) is 4.79 Å². The maximum Gasteiger partial charge on any atom is 0.456 e. The Hall–Kier alpha value is -4.28. The Balaban J connectivity index is 1.67. The lowest BCUT2D eigenvalue weighted by Crippen LogP contribution is -2.54. The minimum Gasteiger partial charge on any atom is -0.468 e. The molecule has 0 bridgehead atoms. The summed E-state index contributed by atoms with van der Waals surface area (Å²) in [5.74, 6) is -2.40. The van der Waals surface area contributed by atoms with Gasteiger partial charge < -0.3 is 4.74 Å². The fraction of sp³-hybridized carbons (Fsp3) is 0.111. The molecule has 3 amide bonds. The van der Waals surface area contributed by atoms with Crippen molar-refractivity contribution in [2.45, 2.75) is 0 Å².